The van der Waals surface area contributed by atoms with E-state index in [2.05, 4.69) is 10.0 Å². The third-order valence-corrected chi connectivity index (χ3v) is 6.15. The number of sulfonamides is 1. The minimum atomic E-state index is -3.52. The average Bonchev–Trinajstić information content (AvgIpc) is 3.19. The van der Waals surface area contributed by atoms with Crippen LogP contribution in [0.3, 0.4) is 0 Å². The first kappa shape index (κ1) is 15.3. The molecule has 1 aromatic rings. The van der Waals surface area contributed by atoms with Gasteiger partial charge < -0.3 is 5.32 Å². The molecule has 0 atom stereocenters. The van der Waals surface area contributed by atoms with E-state index in [1.54, 1.807) is 12.1 Å². The summed E-state index contributed by atoms with van der Waals surface area (Å²) in [5.41, 5.74) is 0.954. The largest absolute Gasteiger partial charge is 0.310 e. The molecule has 0 amide bonds. The van der Waals surface area contributed by atoms with Crippen LogP contribution < -0.4 is 10.0 Å². The molecule has 6 heteroatoms. The van der Waals surface area contributed by atoms with Gasteiger partial charge in [0, 0.05) is 19.1 Å². The van der Waals surface area contributed by atoms with Gasteiger partial charge in [-0.25, -0.2) is 13.1 Å². The van der Waals surface area contributed by atoms with Crippen molar-refractivity contribution in [1.82, 2.24) is 10.0 Å². The fourth-order valence-corrected chi connectivity index (χ4v) is 4.08. The van der Waals surface area contributed by atoms with E-state index in [1.807, 2.05) is 6.07 Å². The van der Waals surface area contributed by atoms with Crippen LogP contribution in [0.1, 0.15) is 37.7 Å². The third-order valence-electron chi connectivity index (χ3n) is 4.24. The van der Waals surface area contributed by atoms with Crippen molar-refractivity contribution in [3.05, 3.63) is 28.8 Å². The van der Waals surface area contributed by atoms with E-state index >= 15 is 0 Å². The van der Waals surface area contributed by atoms with Gasteiger partial charge in [-0.05, 0) is 49.3 Å². The standard InChI is InChI=1S/C15H21ClN2O2S/c16-14-7-4-12(9-17-13-5-6-13)8-15(14)21(19,20)18-10-11-2-1-3-11/h4,7-8,11,13,17-18H,1-3,5-6,9-10H2. The minimum absolute atomic E-state index is 0.193. The fourth-order valence-electron chi connectivity index (χ4n) is 2.42. The van der Waals surface area contributed by atoms with Crippen molar-refractivity contribution in [2.45, 2.75) is 49.6 Å². The Hall–Kier alpha value is -0.620. The highest BCUT2D eigenvalue weighted by molar-refractivity contribution is 7.89. The van der Waals surface area contributed by atoms with E-state index in [-0.39, 0.29) is 9.92 Å². The first-order valence-electron chi connectivity index (χ1n) is 7.56. The predicted molar refractivity (Wildman–Crippen MR) is 83.8 cm³/mol. The van der Waals surface area contributed by atoms with Crippen LogP contribution >= 0.6 is 11.6 Å². The summed E-state index contributed by atoms with van der Waals surface area (Å²) < 4.78 is 27.5. The van der Waals surface area contributed by atoms with E-state index < -0.39 is 10.0 Å². The number of nitrogens with one attached hydrogen (secondary N) is 2. The first-order chi connectivity index (χ1) is 10.0. The third kappa shape index (κ3) is 3.97. The summed E-state index contributed by atoms with van der Waals surface area (Å²) in [5.74, 6) is 0.485. The van der Waals surface area contributed by atoms with Crippen molar-refractivity contribution in [2.24, 2.45) is 5.92 Å². The highest BCUT2D eigenvalue weighted by atomic mass is 35.5. The molecule has 0 unspecified atom stereocenters. The second-order valence-electron chi connectivity index (χ2n) is 6.07. The molecule has 0 radical (unpaired) electrons. The summed E-state index contributed by atoms with van der Waals surface area (Å²) >= 11 is 6.08. The van der Waals surface area contributed by atoms with Crippen LogP contribution in [0.2, 0.25) is 5.02 Å². The summed E-state index contributed by atoms with van der Waals surface area (Å²) in [6.45, 7) is 1.20. The molecule has 2 fully saturated rings. The summed E-state index contributed by atoms with van der Waals surface area (Å²) in [6, 6.07) is 5.82. The Morgan fingerprint density at radius 2 is 1.95 bits per heavy atom. The summed E-state index contributed by atoms with van der Waals surface area (Å²) in [7, 11) is -3.52. The van der Waals surface area contributed by atoms with Gasteiger partial charge in [0.15, 0.2) is 0 Å². The summed E-state index contributed by atoms with van der Waals surface area (Å²) in [6.07, 6.45) is 5.85. The maximum Gasteiger partial charge on any atom is 0.242 e. The zero-order chi connectivity index (χ0) is 14.9. The molecule has 116 valence electrons. The molecule has 21 heavy (non-hydrogen) atoms. The Morgan fingerprint density at radius 1 is 1.19 bits per heavy atom. The van der Waals surface area contributed by atoms with Gasteiger partial charge in [-0.1, -0.05) is 24.1 Å². The smallest absolute Gasteiger partial charge is 0.242 e. The maximum absolute atomic E-state index is 12.4. The van der Waals surface area contributed by atoms with Gasteiger partial charge in [0.05, 0.1) is 5.02 Å². The van der Waals surface area contributed by atoms with Crippen LogP contribution in [0, 0.1) is 5.92 Å². The normalized spacial score (nSPS) is 19.5. The average molecular weight is 329 g/mol. The number of halogens is 1. The highest BCUT2D eigenvalue weighted by Gasteiger charge is 2.24. The molecule has 0 aromatic heterocycles. The van der Waals surface area contributed by atoms with E-state index in [1.165, 1.54) is 19.3 Å². The lowest BCUT2D eigenvalue weighted by atomic mass is 9.86. The Bertz CT molecular complexity index is 610. The second-order valence-corrected chi connectivity index (χ2v) is 8.21. The van der Waals surface area contributed by atoms with Crippen LogP contribution in [-0.2, 0) is 16.6 Å². The van der Waals surface area contributed by atoms with Gasteiger partial charge in [0.2, 0.25) is 10.0 Å². The van der Waals surface area contributed by atoms with Crippen LogP contribution in [0.25, 0.3) is 0 Å². The Morgan fingerprint density at radius 3 is 2.57 bits per heavy atom. The van der Waals surface area contributed by atoms with Crippen LogP contribution in [0.4, 0.5) is 0 Å². The number of hydrogen-bond donors (Lipinski definition) is 2. The lowest BCUT2D eigenvalue weighted by Crippen LogP contribution is -2.32. The maximum atomic E-state index is 12.4. The zero-order valence-electron chi connectivity index (χ0n) is 11.9. The topological polar surface area (TPSA) is 58.2 Å². The van der Waals surface area contributed by atoms with Gasteiger partial charge in [0.1, 0.15) is 4.90 Å². The fraction of sp³-hybridized carbons (Fsp3) is 0.600. The van der Waals surface area contributed by atoms with E-state index in [9.17, 15) is 8.42 Å². The van der Waals surface area contributed by atoms with Gasteiger partial charge >= 0.3 is 0 Å². The van der Waals surface area contributed by atoms with Crippen molar-refractivity contribution in [3.8, 4) is 0 Å². The van der Waals surface area contributed by atoms with Gasteiger partial charge in [-0.15, -0.1) is 0 Å². The van der Waals surface area contributed by atoms with Crippen molar-refractivity contribution in [1.29, 1.82) is 0 Å². The molecular weight excluding hydrogens is 308 g/mol. The lowest BCUT2D eigenvalue weighted by Gasteiger charge is -2.25. The Balaban J connectivity index is 1.69. The van der Waals surface area contributed by atoms with Crippen molar-refractivity contribution in [2.75, 3.05) is 6.54 Å². The predicted octanol–water partition coefficient (Wildman–Crippen LogP) is 2.67. The van der Waals surface area contributed by atoms with Gasteiger partial charge in [-0.3, -0.25) is 0 Å². The quantitative estimate of drug-likeness (QED) is 0.809. The van der Waals surface area contributed by atoms with Crippen molar-refractivity contribution >= 4 is 21.6 Å². The first-order valence-corrected chi connectivity index (χ1v) is 9.42. The number of hydrogen-bond acceptors (Lipinski definition) is 3. The lowest BCUT2D eigenvalue weighted by molar-refractivity contribution is 0.316. The van der Waals surface area contributed by atoms with E-state index in [0.717, 1.165) is 18.4 Å². The SMILES string of the molecule is O=S(=O)(NCC1CCC1)c1cc(CNC2CC2)ccc1Cl. The Labute approximate surface area is 131 Å². The van der Waals surface area contributed by atoms with Crippen molar-refractivity contribution in [3.63, 3.8) is 0 Å². The molecule has 0 heterocycles. The van der Waals surface area contributed by atoms with E-state index in [4.69, 9.17) is 11.6 Å². The molecule has 2 aliphatic carbocycles. The van der Waals surface area contributed by atoms with E-state index in [0.29, 0.717) is 25.0 Å². The molecule has 0 aliphatic heterocycles. The van der Waals surface area contributed by atoms with Crippen LogP contribution in [0.15, 0.2) is 23.1 Å². The molecule has 2 saturated carbocycles. The van der Waals surface area contributed by atoms with Crippen LogP contribution in [-0.4, -0.2) is 21.0 Å². The Kier molecular flexibility index (Phi) is 4.54. The molecule has 2 N–H and O–H groups in total. The van der Waals surface area contributed by atoms with Gasteiger partial charge in [0.25, 0.3) is 0 Å². The number of rotatable bonds is 7. The monoisotopic (exact) mass is 328 g/mol. The zero-order valence-corrected chi connectivity index (χ0v) is 13.5. The second kappa shape index (κ2) is 6.24. The molecule has 0 spiro atoms. The molecule has 1 aromatic carbocycles. The summed E-state index contributed by atoms with van der Waals surface area (Å²) in [4.78, 5) is 0.193. The highest BCUT2D eigenvalue weighted by Crippen LogP contribution is 2.27. The summed E-state index contributed by atoms with van der Waals surface area (Å²) in [5, 5.41) is 3.66. The van der Waals surface area contributed by atoms with Crippen LogP contribution in [0.5, 0.6) is 0 Å². The minimum Gasteiger partial charge on any atom is -0.310 e. The molecule has 2 aliphatic rings. The molecular formula is C15H21ClN2O2S. The molecule has 3 rings (SSSR count). The van der Waals surface area contributed by atoms with Gasteiger partial charge in [-0.2, -0.15) is 0 Å². The molecule has 4 nitrogen and oxygen atoms in total. The molecule has 0 bridgehead atoms. The molecule has 0 saturated heterocycles. The number of benzene rings is 1. The van der Waals surface area contributed by atoms with Crippen molar-refractivity contribution < 1.29 is 8.42 Å².